The molecule has 4 rings (SSSR count). The summed E-state index contributed by atoms with van der Waals surface area (Å²) in [6, 6.07) is 7.92. The van der Waals surface area contributed by atoms with Crippen molar-refractivity contribution in [2.24, 2.45) is 0 Å². The van der Waals surface area contributed by atoms with E-state index in [-0.39, 0.29) is 5.25 Å². The molecule has 0 radical (unpaired) electrons. The lowest BCUT2D eigenvalue weighted by Crippen LogP contribution is -1.89. The summed E-state index contributed by atoms with van der Waals surface area (Å²) < 4.78 is 5.74. The summed E-state index contributed by atoms with van der Waals surface area (Å²) in [5.41, 5.74) is 0. The molecule has 4 aromatic heterocycles. The fourth-order valence-corrected chi connectivity index (χ4v) is 3.99. The van der Waals surface area contributed by atoms with Crippen molar-refractivity contribution in [3.05, 3.63) is 40.9 Å². The Balaban J connectivity index is 1.49. The standard InChI is InChI=1S/C14H11N5OS3/c1-8(12-17-18-13(20-12)10-5-3-7-22-10)23-14-15-11(16-19-14)9-4-2-6-21-9/h2-8H,1H3,(H,15,16,19). The van der Waals surface area contributed by atoms with Crippen LogP contribution in [0.3, 0.4) is 0 Å². The van der Waals surface area contributed by atoms with Crippen molar-refractivity contribution in [3.63, 3.8) is 0 Å². The van der Waals surface area contributed by atoms with Gasteiger partial charge in [0.25, 0.3) is 5.89 Å². The molecule has 1 N–H and O–H groups in total. The van der Waals surface area contributed by atoms with Gasteiger partial charge in [0.2, 0.25) is 11.0 Å². The molecular formula is C14H11N5OS3. The summed E-state index contributed by atoms with van der Waals surface area (Å²) in [6.07, 6.45) is 0. The van der Waals surface area contributed by atoms with Crippen molar-refractivity contribution >= 4 is 34.4 Å². The van der Waals surface area contributed by atoms with E-state index in [1.165, 1.54) is 11.8 Å². The molecule has 0 fully saturated rings. The number of aromatic amines is 1. The largest absolute Gasteiger partial charge is 0.419 e. The van der Waals surface area contributed by atoms with Crippen LogP contribution in [0, 0.1) is 0 Å². The van der Waals surface area contributed by atoms with E-state index in [0.717, 1.165) is 15.6 Å². The Morgan fingerprint density at radius 3 is 2.65 bits per heavy atom. The Morgan fingerprint density at radius 2 is 1.91 bits per heavy atom. The minimum absolute atomic E-state index is 0.0248. The summed E-state index contributed by atoms with van der Waals surface area (Å²) >= 11 is 4.68. The topological polar surface area (TPSA) is 80.5 Å². The highest BCUT2D eigenvalue weighted by molar-refractivity contribution is 7.99. The first-order chi connectivity index (χ1) is 11.3. The molecule has 9 heteroatoms. The molecule has 0 aliphatic carbocycles. The van der Waals surface area contributed by atoms with Gasteiger partial charge in [0.15, 0.2) is 5.82 Å². The number of nitrogens with one attached hydrogen (secondary N) is 1. The Labute approximate surface area is 144 Å². The number of hydrogen-bond acceptors (Lipinski definition) is 8. The first-order valence-electron chi connectivity index (χ1n) is 6.80. The van der Waals surface area contributed by atoms with Gasteiger partial charge in [0.05, 0.1) is 15.0 Å². The van der Waals surface area contributed by atoms with E-state index in [1.54, 1.807) is 22.7 Å². The third-order valence-corrected chi connectivity index (χ3v) is 5.71. The zero-order chi connectivity index (χ0) is 15.6. The first-order valence-corrected chi connectivity index (χ1v) is 9.44. The Morgan fingerprint density at radius 1 is 1.13 bits per heavy atom. The maximum Gasteiger partial charge on any atom is 0.257 e. The van der Waals surface area contributed by atoms with Gasteiger partial charge in [-0.25, -0.2) is 4.98 Å². The third-order valence-electron chi connectivity index (χ3n) is 3.02. The molecule has 0 aliphatic rings. The van der Waals surface area contributed by atoms with Crippen molar-refractivity contribution in [1.82, 2.24) is 25.4 Å². The zero-order valence-electron chi connectivity index (χ0n) is 12.0. The molecule has 1 unspecified atom stereocenters. The molecule has 0 saturated heterocycles. The molecule has 4 heterocycles. The van der Waals surface area contributed by atoms with Crippen LogP contribution in [0.4, 0.5) is 0 Å². The lowest BCUT2D eigenvalue weighted by Gasteiger charge is -2.01. The summed E-state index contributed by atoms with van der Waals surface area (Å²) in [5.74, 6) is 1.90. The van der Waals surface area contributed by atoms with Crippen LogP contribution in [0.15, 0.2) is 44.6 Å². The van der Waals surface area contributed by atoms with Crippen LogP contribution in [0.2, 0.25) is 0 Å². The minimum Gasteiger partial charge on any atom is -0.419 e. The molecule has 0 saturated carbocycles. The second kappa shape index (κ2) is 6.26. The van der Waals surface area contributed by atoms with Crippen LogP contribution in [-0.4, -0.2) is 25.4 Å². The third kappa shape index (κ3) is 3.07. The molecule has 0 spiro atoms. The van der Waals surface area contributed by atoms with E-state index in [9.17, 15) is 0 Å². The highest BCUT2D eigenvalue weighted by atomic mass is 32.2. The van der Waals surface area contributed by atoms with Crippen LogP contribution in [-0.2, 0) is 0 Å². The molecule has 0 bridgehead atoms. The van der Waals surface area contributed by atoms with E-state index in [2.05, 4.69) is 25.4 Å². The molecule has 23 heavy (non-hydrogen) atoms. The number of thioether (sulfide) groups is 1. The second-order valence-electron chi connectivity index (χ2n) is 4.63. The van der Waals surface area contributed by atoms with Gasteiger partial charge in [-0.05, 0) is 29.8 Å². The Kier molecular flexibility index (Phi) is 3.98. The quantitative estimate of drug-likeness (QED) is 0.527. The van der Waals surface area contributed by atoms with Crippen LogP contribution in [0.5, 0.6) is 0 Å². The molecule has 116 valence electrons. The lowest BCUT2D eigenvalue weighted by atomic mass is 10.4. The van der Waals surface area contributed by atoms with Crippen molar-refractivity contribution < 1.29 is 4.42 Å². The zero-order valence-corrected chi connectivity index (χ0v) is 14.4. The first kappa shape index (κ1) is 14.6. The van der Waals surface area contributed by atoms with Crippen LogP contribution in [0.1, 0.15) is 18.1 Å². The van der Waals surface area contributed by atoms with E-state index in [1.807, 2.05) is 41.9 Å². The SMILES string of the molecule is CC(Sc1n[nH]c(-c2cccs2)n1)c1nnc(-c2cccs2)o1. The predicted molar refractivity (Wildman–Crippen MR) is 91.6 cm³/mol. The molecule has 6 nitrogen and oxygen atoms in total. The lowest BCUT2D eigenvalue weighted by molar-refractivity contribution is 0.510. The number of H-pyrrole nitrogens is 1. The smallest absolute Gasteiger partial charge is 0.257 e. The fraction of sp³-hybridized carbons (Fsp3) is 0.143. The molecule has 0 amide bonds. The summed E-state index contributed by atoms with van der Waals surface area (Å²) in [7, 11) is 0. The molecular weight excluding hydrogens is 350 g/mol. The van der Waals surface area contributed by atoms with Crippen molar-refractivity contribution in [2.75, 3.05) is 0 Å². The van der Waals surface area contributed by atoms with Crippen molar-refractivity contribution in [1.29, 1.82) is 0 Å². The summed E-state index contributed by atoms with van der Waals surface area (Å²) in [4.78, 5) is 6.53. The van der Waals surface area contributed by atoms with Crippen LogP contribution < -0.4 is 0 Å². The van der Waals surface area contributed by atoms with Gasteiger partial charge < -0.3 is 4.42 Å². The van der Waals surface area contributed by atoms with Gasteiger partial charge in [-0.1, -0.05) is 23.9 Å². The van der Waals surface area contributed by atoms with Crippen LogP contribution >= 0.6 is 34.4 Å². The van der Waals surface area contributed by atoms with Gasteiger partial charge >= 0.3 is 0 Å². The minimum atomic E-state index is -0.0248. The van der Waals surface area contributed by atoms with Gasteiger partial charge in [0.1, 0.15) is 0 Å². The predicted octanol–water partition coefficient (Wildman–Crippen LogP) is 4.50. The number of aromatic nitrogens is 5. The average Bonchev–Trinajstić information content (AvgIpc) is 3.30. The fourth-order valence-electron chi connectivity index (χ4n) is 1.93. The Hall–Kier alpha value is -1.97. The number of thiophene rings is 2. The normalized spacial score (nSPS) is 12.6. The van der Waals surface area contributed by atoms with E-state index >= 15 is 0 Å². The Bertz CT molecular complexity index is 881. The average molecular weight is 361 g/mol. The van der Waals surface area contributed by atoms with E-state index in [4.69, 9.17) is 4.42 Å². The van der Waals surface area contributed by atoms with Crippen molar-refractivity contribution in [2.45, 2.75) is 17.3 Å². The van der Waals surface area contributed by atoms with Gasteiger partial charge in [-0.15, -0.1) is 38.0 Å². The highest BCUT2D eigenvalue weighted by Gasteiger charge is 2.19. The highest BCUT2D eigenvalue weighted by Crippen LogP contribution is 2.34. The van der Waals surface area contributed by atoms with E-state index < -0.39 is 0 Å². The monoisotopic (exact) mass is 361 g/mol. The summed E-state index contributed by atoms with van der Waals surface area (Å²) in [5, 5.41) is 20.1. The van der Waals surface area contributed by atoms with Crippen LogP contribution in [0.25, 0.3) is 21.5 Å². The maximum absolute atomic E-state index is 5.74. The maximum atomic E-state index is 5.74. The van der Waals surface area contributed by atoms with Crippen molar-refractivity contribution in [3.8, 4) is 21.5 Å². The van der Waals surface area contributed by atoms with Gasteiger partial charge in [-0.3, -0.25) is 5.10 Å². The number of rotatable bonds is 5. The molecule has 0 aliphatic heterocycles. The molecule has 4 aromatic rings. The molecule has 1 atom stereocenters. The van der Waals surface area contributed by atoms with Gasteiger partial charge in [-0.2, -0.15) is 0 Å². The number of nitrogens with zero attached hydrogens (tertiary/aromatic N) is 4. The summed E-state index contributed by atoms with van der Waals surface area (Å²) in [6.45, 7) is 2.00. The second-order valence-corrected chi connectivity index (χ2v) is 7.83. The molecule has 0 aromatic carbocycles. The number of hydrogen-bond donors (Lipinski definition) is 1. The van der Waals surface area contributed by atoms with E-state index in [0.29, 0.717) is 16.9 Å². The van der Waals surface area contributed by atoms with Gasteiger partial charge in [0, 0.05) is 0 Å².